The highest BCUT2D eigenvalue weighted by Crippen LogP contribution is 2.27. The second kappa shape index (κ2) is 11.0. The number of amides is 1. The van der Waals surface area contributed by atoms with Crippen LogP contribution in [-0.2, 0) is 13.1 Å². The van der Waals surface area contributed by atoms with Crippen molar-refractivity contribution in [1.29, 1.82) is 0 Å². The van der Waals surface area contributed by atoms with Crippen LogP contribution in [0.2, 0.25) is 0 Å². The Morgan fingerprint density at radius 1 is 0.921 bits per heavy atom. The van der Waals surface area contributed by atoms with Gasteiger partial charge in [-0.15, -0.1) is 0 Å². The molecule has 0 saturated carbocycles. The average molecular weight is 511 g/mol. The Labute approximate surface area is 222 Å². The van der Waals surface area contributed by atoms with Crippen molar-refractivity contribution in [3.63, 3.8) is 0 Å². The van der Waals surface area contributed by atoms with E-state index in [1.54, 1.807) is 6.20 Å². The smallest absolute Gasteiger partial charge is 0.276 e. The summed E-state index contributed by atoms with van der Waals surface area (Å²) in [6.07, 6.45) is 8.12. The van der Waals surface area contributed by atoms with E-state index in [2.05, 4.69) is 53.3 Å². The van der Waals surface area contributed by atoms with Crippen LogP contribution in [0.5, 0.6) is 0 Å². The van der Waals surface area contributed by atoms with E-state index >= 15 is 0 Å². The first-order valence-corrected chi connectivity index (χ1v) is 13.4. The minimum absolute atomic E-state index is 0.244. The molecule has 2 saturated heterocycles. The summed E-state index contributed by atoms with van der Waals surface area (Å²) < 4.78 is 0. The van der Waals surface area contributed by atoms with Crippen molar-refractivity contribution in [2.45, 2.75) is 25.9 Å². The summed E-state index contributed by atoms with van der Waals surface area (Å²) in [5.74, 6) is -0.244. The molecule has 0 atom stereocenters. The maximum absolute atomic E-state index is 13.3. The van der Waals surface area contributed by atoms with Crippen LogP contribution in [-0.4, -0.2) is 87.1 Å². The fourth-order valence-corrected chi connectivity index (χ4v) is 5.37. The summed E-state index contributed by atoms with van der Waals surface area (Å²) in [4.78, 5) is 29.5. The Hall–Kier alpha value is -3.66. The molecule has 2 aliphatic heterocycles. The van der Waals surface area contributed by atoms with E-state index < -0.39 is 0 Å². The zero-order chi connectivity index (χ0) is 25.9. The molecule has 0 bridgehead atoms. The zero-order valence-electron chi connectivity index (χ0n) is 21.9. The second-order valence-electron chi connectivity index (χ2n) is 10.5. The lowest BCUT2D eigenvalue weighted by molar-refractivity contribution is 0.102. The molecule has 9 nitrogen and oxygen atoms in total. The van der Waals surface area contributed by atoms with Gasteiger partial charge in [-0.1, -0.05) is 6.07 Å². The van der Waals surface area contributed by atoms with E-state index in [0.717, 1.165) is 85.8 Å². The quantitative estimate of drug-likeness (QED) is 0.392. The Balaban J connectivity index is 1.18. The third kappa shape index (κ3) is 5.60. The SMILES string of the molecule is CN1CCN(Cc2cc(NC(=O)c3n[nH]c4ccc(-c5cncc(CN6CCCC6)c5)cc34)ccn2)CC1. The van der Waals surface area contributed by atoms with Gasteiger partial charge in [-0.2, -0.15) is 5.10 Å². The van der Waals surface area contributed by atoms with Gasteiger partial charge in [0.15, 0.2) is 5.69 Å². The van der Waals surface area contributed by atoms with Crippen molar-refractivity contribution in [3.8, 4) is 11.1 Å². The fourth-order valence-electron chi connectivity index (χ4n) is 5.37. The predicted octanol–water partition coefficient (Wildman–Crippen LogP) is 3.62. The van der Waals surface area contributed by atoms with Crippen molar-refractivity contribution >= 4 is 22.5 Å². The average Bonchev–Trinajstić information content (AvgIpc) is 3.60. The molecule has 2 aliphatic rings. The third-order valence-corrected chi connectivity index (χ3v) is 7.57. The summed E-state index contributed by atoms with van der Waals surface area (Å²) in [7, 11) is 2.15. The van der Waals surface area contributed by atoms with E-state index in [-0.39, 0.29) is 5.91 Å². The normalized spacial score (nSPS) is 17.3. The highest BCUT2D eigenvalue weighted by Gasteiger charge is 2.18. The molecule has 4 aromatic rings. The topological polar surface area (TPSA) is 93.3 Å². The molecule has 3 aromatic heterocycles. The van der Waals surface area contributed by atoms with Gasteiger partial charge >= 0.3 is 0 Å². The van der Waals surface area contributed by atoms with Gasteiger partial charge in [0.1, 0.15) is 0 Å². The lowest BCUT2D eigenvalue weighted by Crippen LogP contribution is -2.44. The number of piperazine rings is 1. The van der Waals surface area contributed by atoms with Crippen molar-refractivity contribution < 1.29 is 4.79 Å². The summed E-state index contributed by atoms with van der Waals surface area (Å²) in [5.41, 5.74) is 6.13. The van der Waals surface area contributed by atoms with Crippen LogP contribution < -0.4 is 5.32 Å². The van der Waals surface area contributed by atoms with E-state index in [1.807, 2.05) is 42.7 Å². The number of hydrogen-bond donors (Lipinski definition) is 2. The van der Waals surface area contributed by atoms with Gasteiger partial charge in [-0.3, -0.25) is 29.7 Å². The Morgan fingerprint density at radius 2 is 1.74 bits per heavy atom. The number of rotatable bonds is 7. The largest absolute Gasteiger partial charge is 0.320 e. The number of H-pyrrole nitrogens is 1. The number of aromatic nitrogens is 4. The number of carbonyl (C=O) groups excluding carboxylic acids is 1. The number of fused-ring (bicyclic) bond motifs is 1. The Bertz CT molecular complexity index is 1420. The molecule has 38 heavy (non-hydrogen) atoms. The van der Waals surface area contributed by atoms with Crippen molar-refractivity contribution in [3.05, 3.63) is 71.9 Å². The van der Waals surface area contributed by atoms with Gasteiger partial charge in [0.2, 0.25) is 0 Å². The van der Waals surface area contributed by atoms with Crippen molar-refractivity contribution in [1.82, 2.24) is 34.9 Å². The molecule has 0 radical (unpaired) electrons. The number of nitrogens with one attached hydrogen (secondary N) is 2. The zero-order valence-corrected chi connectivity index (χ0v) is 21.9. The number of nitrogens with zero attached hydrogens (tertiary/aromatic N) is 6. The lowest BCUT2D eigenvalue weighted by atomic mass is 10.0. The number of likely N-dealkylation sites (N-methyl/N-ethyl adjacent to an activating group) is 1. The van der Waals surface area contributed by atoms with Crippen LogP contribution in [0.1, 0.15) is 34.6 Å². The van der Waals surface area contributed by atoms with Crippen LogP contribution in [0, 0.1) is 0 Å². The van der Waals surface area contributed by atoms with Gasteiger partial charge in [0.25, 0.3) is 5.91 Å². The maximum atomic E-state index is 13.3. The molecule has 0 aliphatic carbocycles. The first kappa shape index (κ1) is 24.7. The molecular formula is C29H34N8O. The van der Waals surface area contributed by atoms with Gasteiger partial charge in [0, 0.05) is 74.5 Å². The predicted molar refractivity (Wildman–Crippen MR) is 149 cm³/mol. The standard InChI is InChI=1S/C29H34N8O/c1-35-10-12-37(13-11-35)20-25-16-24(6-7-31-25)32-29(38)28-26-15-22(4-5-27(26)33-34-28)23-14-21(17-30-18-23)19-36-8-2-3-9-36/h4-7,14-18H,2-3,8-13,19-20H2,1H3,(H,33,34)(H,31,32,38). The van der Waals surface area contributed by atoms with Crippen molar-refractivity contribution in [2.75, 3.05) is 51.6 Å². The number of likely N-dealkylation sites (tertiary alicyclic amines) is 1. The molecule has 2 fully saturated rings. The number of anilines is 1. The minimum atomic E-state index is -0.244. The molecular weight excluding hydrogens is 476 g/mol. The number of pyridine rings is 2. The summed E-state index contributed by atoms with van der Waals surface area (Å²) >= 11 is 0. The third-order valence-electron chi connectivity index (χ3n) is 7.57. The van der Waals surface area contributed by atoms with Gasteiger partial charge < -0.3 is 10.2 Å². The van der Waals surface area contributed by atoms with Crippen LogP contribution >= 0.6 is 0 Å². The molecule has 0 unspecified atom stereocenters. The van der Waals surface area contributed by atoms with Gasteiger partial charge in [-0.25, -0.2) is 0 Å². The molecule has 1 aromatic carbocycles. The van der Waals surface area contributed by atoms with Crippen LogP contribution in [0.15, 0.2) is 55.0 Å². The highest BCUT2D eigenvalue weighted by atomic mass is 16.1. The van der Waals surface area contributed by atoms with E-state index in [9.17, 15) is 4.79 Å². The lowest BCUT2D eigenvalue weighted by Gasteiger charge is -2.32. The monoisotopic (exact) mass is 510 g/mol. The first-order chi connectivity index (χ1) is 18.6. The van der Waals surface area contributed by atoms with Crippen LogP contribution in [0.25, 0.3) is 22.0 Å². The van der Waals surface area contributed by atoms with Crippen LogP contribution in [0.3, 0.4) is 0 Å². The van der Waals surface area contributed by atoms with Gasteiger partial charge in [0.05, 0.1) is 11.2 Å². The van der Waals surface area contributed by atoms with Crippen molar-refractivity contribution in [2.24, 2.45) is 0 Å². The molecule has 196 valence electrons. The molecule has 5 heterocycles. The first-order valence-electron chi connectivity index (χ1n) is 13.4. The van der Waals surface area contributed by atoms with Crippen LogP contribution in [0.4, 0.5) is 5.69 Å². The summed E-state index contributed by atoms with van der Waals surface area (Å²) in [6, 6.07) is 12.0. The molecule has 2 N–H and O–H groups in total. The highest BCUT2D eigenvalue weighted by molar-refractivity contribution is 6.11. The fraction of sp³-hybridized carbons (Fsp3) is 0.379. The molecule has 0 spiro atoms. The van der Waals surface area contributed by atoms with E-state index in [4.69, 9.17) is 0 Å². The second-order valence-corrected chi connectivity index (χ2v) is 10.5. The molecule has 6 rings (SSSR count). The van der Waals surface area contributed by atoms with E-state index in [0.29, 0.717) is 5.69 Å². The molecule has 9 heteroatoms. The van der Waals surface area contributed by atoms with E-state index in [1.165, 1.54) is 18.4 Å². The number of aromatic amines is 1. The Morgan fingerprint density at radius 3 is 2.58 bits per heavy atom. The molecule has 1 amide bonds. The Kier molecular flexibility index (Phi) is 7.13. The number of carbonyl (C=O) groups is 1. The van der Waals surface area contributed by atoms with Gasteiger partial charge in [-0.05, 0) is 74.4 Å². The maximum Gasteiger partial charge on any atom is 0.276 e. The number of hydrogen-bond acceptors (Lipinski definition) is 7. The summed E-state index contributed by atoms with van der Waals surface area (Å²) in [6.45, 7) is 8.16. The minimum Gasteiger partial charge on any atom is -0.320 e. The summed E-state index contributed by atoms with van der Waals surface area (Å²) in [5, 5.41) is 11.2. The number of benzene rings is 1.